The van der Waals surface area contributed by atoms with Gasteiger partial charge in [0.05, 0.1) is 27.8 Å². The standard InChI is InChI=1S/C45H39Cl5N8O7/c1-23(47)27-5-9-33(10-6-27)51-42(61)29-15-31(49)19-36(17-29)55-57-40(25(3)59)44(63)53-35-13-14-38(39(21-35)65-22-46)54-45(64)41(26(4)60)58-56-37-18-30(16-32(50)20-37)43(62)52-34-11-7-28(8-12-34)24(2)48/h5-21,23-24,40-41H,22H2,1-4H3,(H,51,61)(H,52,62)(H,53,63)(H,54,64). The molecule has 4 unspecified atom stereocenters. The van der Waals surface area contributed by atoms with Crippen LogP contribution in [-0.2, 0) is 19.2 Å². The Hall–Kier alpha value is -6.23. The number of anilines is 4. The van der Waals surface area contributed by atoms with E-state index >= 15 is 0 Å². The first kappa shape index (κ1) is 49.8. The number of rotatable bonds is 18. The van der Waals surface area contributed by atoms with Gasteiger partial charge in [0.2, 0.25) is 12.1 Å². The van der Waals surface area contributed by atoms with E-state index in [1.54, 1.807) is 48.5 Å². The fourth-order valence-corrected chi connectivity index (χ4v) is 6.64. The van der Waals surface area contributed by atoms with E-state index in [0.717, 1.165) is 25.0 Å². The van der Waals surface area contributed by atoms with E-state index in [0.29, 0.717) is 11.4 Å². The van der Waals surface area contributed by atoms with E-state index in [1.165, 1.54) is 54.6 Å². The quantitative estimate of drug-likeness (QED) is 0.0379. The Kier molecular flexibility index (Phi) is 17.7. The maximum absolute atomic E-state index is 13.4. The second-order valence-corrected chi connectivity index (χ2v) is 16.6. The Morgan fingerprint density at radius 1 is 0.554 bits per heavy atom. The molecule has 0 aliphatic carbocycles. The number of ketones is 2. The summed E-state index contributed by atoms with van der Waals surface area (Å²) in [6, 6.07) is 22.7. The van der Waals surface area contributed by atoms with Gasteiger partial charge in [-0.05, 0) is 112 Å². The number of amides is 4. The molecule has 0 aliphatic heterocycles. The predicted molar refractivity (Wildman–Crippen MR) is 253 cm³/mol. The number of hydrogen-bond acceptors (Lipinski definition) is 11. The summed E-state index contributed by atoms with van der Waals surface area (Å²) in [5, 5.41) is 26.5. The van der Waals surface area contributed by atoms with Crippen LogP contribution in [0.3, 0.4) is 0 Å². The molecule has 5 aromatic rings. The molecule has 0 radical (unpaired) electrons. The van der Waals surface area contributed by atoms with Gasteiger partial charge in [-0.2, -0.15) is 20.5 Å². The van der Waals surface area contributed by atoms with Crippen molar-refractivity contribution in [3.63, 3.8) is 0 Å². The lowest BCUT2D eigenvalue weighted by atomic mass is 10.1. The number of nitrogens with zero attached hydrogens (tertiary/aromatic N) is 4. The third kappa shape index (κ3) is 14.4. The Morgan fingerprint density at radius 3 is 1.37 bits per heavy atom. The van der Waals surface area contributed by atoms with Gasteiger partial charge in [-0.3, -0.25) is 28.8 Å². The fraction of sp³-hybridized carbons (Fsp3) is 0.200. The lowest BCUT2D eigenvalue weighted by Gasteiger charge is -2.15. The molecule has 0 aromatic heterocycles. The minimum Gasteiger partial charge on any atom is -0.476 e. The molecule has 0 bridgehead atoms. The number of halogens is 5. The summed E-state index contributed by atoms with van der Waals surface area (Å²) in [5.41, 5.74) is 3.37. The molecule has 0 saturated heterocycles. The van der Waals surface area contributed by atoms with Crippen molar-refractivity contribution in [2.24, 2.45) is 20.5 Å². The van der Waals surface area contributed by atoms with Gasteiger partial charge >= 0.3 is 0 Å². The van der Waals surface area contributed by atoms with Gasteiger partial charge in [-0.25, -0.2) is 0 Å². The van der Waals surface area contributed by atoms with E-state index in [9.17, 15) is 28.8 Å². The lowest BCUT2D eigenvalue weighted by molar-refractivity contribution is -0.127. The van der Waals surface area contributed by atoms with Crippen molar-refractivity contribution in [2.45, 2.75) is 50.5 Å². The van der Waals surface area contributed by atoms with Gasteiger partial charge in [0.25, 0.3) is 23.6 Å². The summed E-state index contributed by atoms with van der Waals surface area (Å²) >= 11 is 30.7. The molecule has 5 rings (SSSR count). The van der Waals surface area contributed by atoms with E-state index in [4.69, 9.17) is 62.7 Å². The molecule has 0 heterocycles. The zero-order valence-corrected chi connectivity index (χ0v) is 38.6. The summed E-state index contributed by atoms with van der Waals surface area (Å²) in [6.45, 7) is 5.94. The number of benzene rings is 5. The number of azo groups is 2. The van der Waals surface area contributed by atoms with Crippen LogP contribution in [0.5, 0.6) is 5.75 Å². The van der Waals surface area contributed by atoms with Gasteiger partial charge in [0, 0.05) is 44.3 Å². The van der Waals surface area contributed by atoms with Crippen LogP contribution in [-0.4, -0.2) is 53.3 Å². The minimum absolute atomic E-state index is 0.0296. The van der Waals surface area contributed by atoms with Crippen LogP contribution in [0.4, 0.5) is 34.1 Å². The number of Topliss-reactive ketones (excluding diaryl/α,β-unsaturated/α-hetero) is 2. The van der Waals surface area contributed by atoms with Crippen molar-refractivity contribution in [1.29, 1.82) is 0 Å². The first-order valence-corrected chi connectivity index (χ1v) is 21.6. The third-order valence-electron chi connectivity index (χ3n) is 9.11. The molecular formula is C45H39Cl5N8O7. The molecule has 5 aromatic carbocycles. The Bertz CT molecular complexity index is 2660. The average Bonchev–Trinajstić information content (AvgIpc) is 3.24. The van der Waals surface area contributed by atoms with Gasteiger partial charge in [0.15, 0.2) is 17.6 Å². The minimum atomic E-state index is -1.65. The third-order valence-corrected chi connectivity index (χ3v) is 10.2. The van der Waals surface area contributed by atoms with Crippen LogP contribution in [0, 0.1) is 0 Å². The zero-order valence-electron chi connectivity index (χ0n) is 34.9. The SMILES string of the molecule is CC(=O)C(N=Nc1cc(Cl)cc(C(=O)Nc2ccc(C(C)Cl)cc2)c1)C(=O)Nc1ccc(NC(=O)C(N=Nc2cc(Cl)cc(C(=O)Nc3ccc(C(C)Cl)cc3)c2)C(C)=O)c(OCCl)c1. The normalized spacial score (nSPS) is 13.1. The zero-order chi connectivity index (χ0) is 47.4. The lowest BCUT2D eigenvalue weighted by Crippen LogP contribution is -2.32. The van der Waals surface area contributed by atoms with Gasteiger partial charge in [0.1, 0.15) is 5.75 Å². The highest BCUT2D eigenvalue weighted by Gasteiger charge is 2.26. The number of nitrogens with one attached hydrogen (secondary N) is 4. The Morgan fingerprint density at radius 2 is 0.969 bits per heavy atom. The fourth-order valence-electron chi connectivity index (χ4n) is 5.77. The van der Waals surface area contributed by atoms with Crippen LogP contribution in [0.15, 0.2) is 124 Å². The number of hydrogen-bond donors (Lipinski definition) is 4. The van der Waals surface area contributed by atoms with Gasteiger partial charge in [-0.15, -0.1) is 23.2 Å². The van der Waals surface area contributed by atoms with Crippen molar-refractivity contribution >= 4 is 127 Å². The summed E-state index contributed by atoms with van der Waals surface area (Å²) in [5.74, 6) is -4.14. The van der Waals surface area contributed by atoms with E-state index in [-0.39, 0.29) is 66.5 Å². The summed E-state index contributed by atoms with van der Waals surface area (Å²) in [4.78, 5) is 78.1. The summed E-state index contributed by atoms with van der Waals surface area (Å²) in [7, 11) is 0. The Balaban J connectivity index is 1.26. The molecule has 65 heavy (non-hydrogen) atoms. The number of carbonyl (C=O) groups is 6. The number of carbonyl (C=O) groups excluding carboxylic acids is 6. The second kappa shape index (κ2) is 23.1. The van der Waals surface area contributed by atoms with E-state index in [1.807, 2.05) is 13.8 Å². The monoisotopic (exact) mass is 978 g/mol. The van der Waals surface area contributed by atoms with Crippen LogP contribution < -0.4 is 26.0 Å². The van der Waals surface area contributed by atoms with Crippen LogP contribution in [0.25, 0.3) is 0 Å². The smallest absolute Gasteiger partial charge is 0.258 e. The molecule has 15 nitrogen and oxygen atoms in total. The molecule has 0 fully saturated rings. The van der Waals surface area contributed by atoms with E-state index in [2.05, 4.69) is 41.7 Å². The maximum Gasteiger partial charge on any atom is 0.258 e. The number of alkyl halides is 3. The van der Waals surface area contributed by atoms with Crippen LogP contribution in [0.2, 0.25) is 10.0 Å². The summed E-state index contributed by atoms with van der Waals surface area (Å²) < 4.78 is 5.49. The largest absolute Gasteiger partial charge is 0.476 e. The maximum atomic E-state index is 13.4. The molecule has 0 aliphatic rings. The van der Waals surface area contributed by atoms with Gasteiger partial charge in [-0.1, -0.05) is 59.1 Å². The summed E-state index contributed by atoms with van der Waals surface area (Å²) in [6.07, 6.45) is 0. The molecule has 0 saturated carbocycles. The predicted octanol–water partition coefficient (Wildman–Crippen LogP) is 12.0. The topological polar surface area (TPSA) is 209 Å². The van der Waals surface area contributed by atoms with E-state index < -0.39 is 47.3 Å². The average molecular weight is 981 g/mol. The van der Waals surface area contributed by atoms with Crippen LogP contribution >= 0.6 is 58.0 Å². The van der Waals surface area contributed by atoms with Crippen molar-refractivity contribution < 1.29 is 33.5 Å². The van der Waals surface area contributed by atoms with Crippen molar-refractivity contribution in [1.82, 2.24) is 0 Å². The first-order chi connectivity index (χ1) is 30.9. The number of ether oxygens (including phenoxy) is 1. The van der Waals surface area contributed by atoms with Gasteiger partial charge < -0.3 is 26.0 Å². The highest BCUT2D eigenvalue weighted by Crippen LogP contribution is 2.31. The first-order valence-electron chi connectivity index (χ1n) is 19.4. The van der Waals surface area contributed by atoms with Crippen molar-refractivity contribution in [2.75, 3.05) is 27.3 Å². The molecular weight excluding hydrogens is 942 g/mol. The highest BCUT2D eigenvalue weighted by atomic mass is 35.5. The molecule has 4 amide bonds. The van der Waals surface area contributed by atoms with Crippen molar-refractivity contribution in [3.8, 4) is 5.75 Å². The van der Waals surface area contributed by atoms with Crippen molar-refractivity contribution in [3.05, 3.63) is 135 Å². The molecule has 336 valence electrons. The molecule has 0 spiro atoms. The Labute approximate surface area is 398 Å². The highest BCUT2D eigenvalue weighted by molar-refractivity contribution is 6.32. The second-order valence-electron chi connectivity index (χ2n) is 14.2. The molecule has 20 heteroatoms. The van der Waals surface area contributed by atoms with Crippen LogP contribution in [0.1, 0.15) is 70.3 Å². The molecule has 4 N–H and O–H groups in total. The molecule has 4 atom stereocenters.